The maximum atomic E-state index is 11.1. The Morgan fingerprint density at radius 1 is 1.35 bits per heavy atom. The third-order valence-electron chi connectivity index (χ3n) is 2.52. The second-order valence-corrected chi connectivity index (χ2v) is 5.73. The lowest BCUT2D eigenvalue weighted by Gasteiger charge is -2.09. The highest BCUT2D eigenvalue weighted by atomic mass is 32.2. The van der Waals surface area contributed by atoms with Gasteiger partial charge in [-0.05, 0) is 25.5 Å². The van der Waals surface area contributed by atoms with Crippen molar-refractivity contribution in [1.29, 1.82) is 0 Å². The normalized spacial score (nSPS) is 14.1. The van der Waals surface area contributed by atoms with Crippen molar-refractivity contribution in [3.05, 3.63) is 35.6 Å². The Kier molecular flexibility index (Phi) is 2.97. The molecule has 0 aliphatic heterocycles. The number of benzene rings is 1. The third kappa shape index (κ3) is 2.68. The van der Waals surface area contributed by atoms with E-state index in [-0.39, 0.29) is 0 Å². The zero-order chi connectivity index (χ0) is 12.6. The lowest BCUT2D eigenvalue weighted by molar-refractivity contribution is 0.237. The molecule has 1 aromatic heterocycles. The van der Waals surface area contributed by atoms with Crippen molar-refractivity contribution in [2.24, 2.45) is 0 Å². The van der Waals surface area contributed by atoms with E-state index in [1.807, 2.05) is 25.1 Å². The van der Waals surface area contributed by atoms with Gasteiger partial charge in [-0.15, -0.1) is 0 Å². The van der Waals surface area contributed by atoms with Crippen molar-refractivity contribution < 1.29 is 17.0 Å². The van der Waals surface area contributed by atoms with Crippen LogP contribution in [0.4, 0.5) is 0 Å². The molecule has 2 aromatic rings. The van der Waals surface area contributed by atoms with Crippen LogP contribution in [-0.4, -0.2) is 14.7 Å². The van der Waals surface area contributed by atoms with Crippen molar-refractivity contribution in [3.63, 3.8) is 0 Å². The lowest BCUT2D eigenvalue weighted by Crippen LogP contribution is -2.06. The molecule has 1 aromatic carbocycles. The minimum Gasteiger partial charge on any atom is -0.464 e. The molecule has 92 valence electrons. The molecular formula is C12H14O4S. The first kappa shape index (κ1) is 12.1. The molecule has 0 amide bonds. The summed E-state index contributed by atoms with van der Waals surface area (Å²) in [4.78, 5) is 0. The minimum atomic E-state index is -3.47. The van der Waals surface area contributed by atoms with Crippen molar-refractivity contribution in [1.82, 2.24) is 0 Å². The van der Waals surface area contributed by atoms with Crippen LogP contribution in [0.25, 0.3) is 11.0 Å². The number of furan rings is 1. The van der Waals surface area contributed by atoms with Gasteiger partial charge in [0.2, 0.25) is 0 Å². The van der Waals surface area contributed by atoms with Gasteiger partial charge >= 0.3 is 0 Å². The van der Waals surface area contributed by atoms with Gasteiger partial charge in [-0.1, -0.05) is 12.1 Å². The predicted octanol–water partition coefficient (Wildman–Crippen LogP) is 2.78. The fraction of sp³-hybridized carbons (Fsp3) is 0.333. The molecule has 1 heterocycles. The molecule has 5 heteroatoms. The van der Waals surface area contributed by atoms with E-state index in [4.69, 9.17) is 8.60 Å². The largest absolute Gasteiger partial charge is 0.464 e. The number of rotatable bonds is 3. The molecule has 1 unspecified atom stereocenters. The SMILES string of the molecule is Cc1ccc2c(C(C)OS(C)(=O)=O)coc2c1. The highest BCUT2D eigenvalue weighted by molar-refractivity contribution is 7.86. The Morgan fingerprint density at radius 2 is 2.06 bits per heavy atom. The Hall–Kier alpha value is -1.33. The minimum absolute atomic E-state index is 0.547. The summed E-state index contributed by atoms with van der Waals surface area (Å²) in [6.45, 7) is 3.66. The predicted molar refractivity (Wildman–Crippen MR) is 65.3 cm³/mol. The van der Waals surface area contributed by atoms with Gasteiger partial charge in [-0.3, -0.25) is 4.18 Å². The van der Waals surface area contributed by atoms with Crippen molar-refractivity contribution >= 4 is 21.1 Å². The van der Waals surface area contributed by atoms with Crippen LogP contribution in [0.1, 0.15) is 24.2 Å². The summed E-state index contributed by atoms with van der Waals surface area (Å²) in [7, 11) is -3.47. The summed E-state index contributed by atoms with van der Waals surface area (Å²) in [5, 5.41) is 0.881. The quantitative estimate of drug-likeness (QED) is 0.790. The summed E-state index contributed by atoms with van der Waals surface area (Å²) in [5.74, 6) is 0. The Balaban J connectivity index is 2.42. The third-order valence-corrected chi connectivity index (χ3v) is 3.16. The Bertz CT molecular complexity index is 640. The fourth-order valence-corrected chi connectivity index (χ4v) is 2.41. The highest BCUT2D eigenvalue weighted by Crippen LogP contribution is 2.29. The average Bonchev–Trinajstić information content (AvgIpc) is 2.57. The monoisotopic (exact) mass is 254 g/mol. The van der Waals surface area contributed by atoms with E-state index in [9.17, 15) is 8.42 Å². The fourth-order valence-electron chi connectivity index (χ4n) is 1.78. The zero-order valence-electron chi connectivity index (χ0n) is 9.93. The van der Waals surface area contributed by atoms with Crippen LogP contribution in [0.3, 0.4) is 0 Å². The van der Waals surface area contributed by atoms with Gasteiger partial charge in [0.25, 0.3) is 10.1 Å². The first-order chi connectivity index (χ1) is 7.87. The van der Waals surface area contributed by atoms with Gasteiger partial charge in [0.05, 0.1) is 12.5 Å². The van der Waals surface area contributed by atoms with E-state index in [1.165, 1.54) is 0 Å². The lowest BCUT2D eigenvalue weighted by atomic mass is 10.1. The summed E-state index contributed by atoms with van der Waals surface area (Å²) in [5.41, 5.74) is 2.57. The highest BCUT2D eigenvalue weighted by Gasteiger charge is 2.17. The summed E-state index contributed by atoms with van der Waals surface area (Å²) in [6.07, 6.45) is 2.03. The van der Waals surface area contributed by atoms with Gasteiger partial charge in [0.15, 0.2) is 0 Å². The standard InChI is InChI=1S/C12H14O4S/c1-8-4-5-10-11(7-15-12(10)6-8)9(2)16-17(3,13)14/h4-7,9H,1-3H3. The summed E-state index contributed by atoms with van der Waals surface area (Å²) >= 11 is 0. The first-order valence-electron chi connectivity index (χ1n) is 5.23. The van der Waals surface area contributed by atoms with Gasteiger partial charge < -0.3 is 4.42 Å². The summed E-state index contributed by atoms with van der Waals surface area (Å²) in [6, 6.07) is 5.77. The Labute approximate surface area is 100 Å². The molecule has 1 atom stereocenters. The number of hydrogen-bond acceptors (Lipinski definition) is 4. The number of fused-ring (bicyclic) bond motifs is 1. The second kappa shape index (κ2) is 4.16. The maximum Gasteiger partial charge on any atom is 0.264 e. The molecule has 0 saturated heterocycles. The molecule has 17 heavy (non-hydrogen) atoms. The molecule has 0 bridgehead atoms. The van der Waals surface area contributed by atoms with Crippen LogP contribution in [0.5, 0.6) is 0 Å². The molecule has 0 saturated carbocycles. The molecular weight excluding hydrogens is 240 g/mol. The number of aryl methyl sites for hydroxylation is 1. The molecule has 0 fully saturated rings. The van der Waals surface area contributed by atoms with Gasteiger partial charge in [-0.25, -0.2) is 0 Å². The van der Waals surface area contributed by atoms with Crippen LogP contribution in [-0.2, 0) is 14.3 Å². The molecule has 0 N–H and O–H groups in total. The van der Waals surface area contributed by atoms with Crippen LogP contribution < -0.4 is 0 Å². The van der Waals surface area contributed by atoms with Crippen LogP contribution >= 0.6 is 0 Å². The van der Waals surface area contributed by atoms with E-state index >= 15 is 0 Å². The molecule has 0 radical (unpaired) electrons. The van der Waals surface area contributed by atoms with E-state index < -0.39 is 16.2 Å². The zero-order valence-corrected chi connectivity index (χ0v) is 10.7. The summed E-state index contributed by atoms with van der Waals surface area (Å²) < 4.78 is 32.5. The van der Waals surface area contributed by atoms with Gasteiger partial charge in [0.1, 0.15) is 11.7 Å². The molecule has 4 nitrogen and oxygen atoms in total. The van der Waals surface area contributed by atoms with E-state index in [0.29, 0.717) is 0 Å². The van der Waals surface area contributed by atoms with E-state index in [1.54, 1.807) is 13.2 Å². The van der Waals surface area contributed by atoms with Crippen molar-refractivity contribution in [2.75, 3.05) is 6.26 Å². The van der Waals surface area contributed by atoms with Crippen molar-refractivity contribution in [3.8, 4) is 0 Å². The smallest absolute Gasteiger partial charge is 0.264 e. The van der Waals surface area contributed by atoms with Crippen LogP contribution in [0.2, 0.25) is 0 Å². The number of hydrogen-bond donors (Lipinski definition) is 0. The second-order valence-electron chi connectivity index (χ2n) is 4.13. The van der Waals surface area contributed by atoms with E-state index in [2.05, 4.69) is 0 Å². The molecule has 0 aliphatic rings. The van der Waals surface area contributed by atoms with E-state index in [0.717, 1.165) is 28.4 Å². The first-order valence-corrected chi connectivity index (χ1v) is 7.04. The molecule has 2 rings (SSSR count). The maximum absolute atomic E-state index is 11.1. The van der Waals surface area contributed by atoms with Crippen molar-refractivity contribution in [2.45, 2.75) is 20.0 Å². The van der Waals surface area contributed by atoms with Gasteiger partial charge in [-0.2, -0.15) is 8.42 Å². The van der Waals surface area contributed by atoms with Crippen LogP contribution in [0.15, 0.2) is 28.9 Å². The molecule has 0 aliphatic carbocycles. The topological polar surface area (TPSA) is 56.5 Å². The average molecular weight is 254 g/mol. The Morgan fingerprint density at radius 3 is 2.71 bits per heavy atom. The van der Waals surface area contributed by atoms with Gasteiger partial charge in [0, 0.05) is 10.9 Å². The van der Waals surface area contributed by atoms with Crippen LogP contribution in [0, 0.1) is 6.92 Å². The molecule has 0 spiro atoms.